The number of hydrogen-bond acceptors (Lipinski definition) is 4. The van der Waals surface area contributed by atoms with Gasteiger partial charge in [-0.3, -0.25) is 4.79 Å². The second kappa shape index (κ2) is 6.59. The molecule has 1 heterocycles. The molecule has 1 aromatic carbocycles. The Kier molecular flexibility index (Phi) is 4.81. The van der Waals surface area contributed by atoms with E-state index in [0.29, 0.717) is 18.7 Å². The molecule has 0 saturated carbocycles. The number of carbonyl (C=O) groups excluding carboxylic acids is 1. The van der Waals surface area contributed by atoms with Crippen molar-refractivity contribution in [2.75, 3.05) is 31.1 Å². The van der Waals surface area contributed by atoms with Gasteiger partial charge in [-0.2, -0.15) is 5.26 Å². The smallest absolute Gasteiger partial charge is 0.239 e. The Bertz CT molecular complexity index is 524. The van der Waals surface area contributed by atoms with Crippen molar-refractivity contribution in [1.82, 2.24) is 4.90 Å². The van der Waals surface area contributed by atoms with Crippen molar-refractivity contribution in [3.63, 3.8) is 0 Å². The topological polar surface area (TPSA) is 73.4 Å². The highest BCUT2D eigenvalue weighted by atomic mass is 16.2. The molecule has 0 bridgehead atoms. The van der Waals surface area contributed by atoms with Crippen LogP contribution in [0, 0.1) is 17.2 Å². The van der Waals surface area contributed by atoms with E-state index in [1.165, 1.54) is 0 Å². The molecule has 0 spiro atoms. The fraction of sp³-hybridized carbons (Fsp3) is 0.500. The van der Waals surface area contributed by atoms with E-state index in [1.807, 2.05) is 43.0 Å². The number of amides is 1. The number of piperazine rings is 1. The number of carbonyl (C=O) groups is 1. The third-order valence-corrected chi connectivity index (χ3v) is 3.96. The van der Waals surface area contributed by atoms with E-state index in [1.54, 1.807) is 0 Å². The third kappa shape index (κ3) is 3.53. The van der Waals surface area contributed by atoms with Gasteiger partial charge < -0.3 is 15.5 Å². The highest BCUT2D eigenvalue weighted by molar-refractivity contribution is 5.82. The van der Waals surface area contributed by atoms with Gasteiger partial charge in [0.1, 0.15) is 0 Å². The minimum absolute atomic E-state index is 0.0458. The quantitative estimate of drug-likeness (QED) is 0.906. The standard InChI is InChI=1S/C16H22N4O/c1-12(2)15(18)16(21)20-9-7-19(8-10-20)14-5-3-13(11-17)4-6-14/h3-6,12,15H,7-10,18H2,1-2H3/t15-/m0/s1. The summed E-state index contributed by atoms with van der Waals surface area (Å²) in [6.45, 7) is 6.91. The zero-order chi connectivity index (χ0) is 15.4. The van der Waals surface area contributed by atoms with Crippen LogP contribution in [0.1, 0.15) is 19.4 Å². The van der Waals surface area contributed by atoms with Gasteiger partial charge in [0.05, 0.1) is 17.7 Å². The molecular weight excluding hydrogens is 264 g/mol. The Morgan fingerprint density at radius 2 is 1.76 bits per heavy atom. The van der Waals surface area contributed by atoms with E-state index in [4.69, 9.17) is 11.0 Å². The summed E-state index contributed by atoms with van der Waals surface area (Å²) in [5.41, 5.74) is 7.69. The number of nitrogens with zero attached hydrogens (tertiary/aromatic N) is 3. The Labute approximate surface area is 125 Å². The molecule has 0 radical (unpaired) electrons. The van der Waals surface area contributed by atoms with Gasteiger partial charge in [-0.25, -0.2) is 0 Å². The van der Waals surface area contributed by atoms with Crippen LogP contribution in [-0.4, -0.2) is 43.0 Å². The molecule has 2 N–H and O–H groups in total. The van der Waals surface area contributed by atoms with Gasteiger partial charge in [0.25, 0.3) is 0 Å². The van der Waals surface area contributed by atoms with E-state index in [-0.39, 0.29) is 11.8 Å². The average Bonchev–Trinajstić information content (AvgIpc) is 2.53. The first-order valence-electron chi connectivity index (χ1n) is 7.32. The lowest BCUT2D eigenvalue weighted by Crippen LogP contribution is -2.54. The number of nitrogens with two attached hydrogens (primary N) is 1. The van der Waals surface area contributed by atoms with E-state index in [0.717, 1.165) is 18.8 Å². The first-order valence-corrected chi connectivity index (χ1v) is 7.32. The van der Waals surface area contributed by atoms with Gasteiger partial charge >= 0.3 is 0 Å². The molecule has 1 fully saturated rings. The van der Waals surface area contributed by atoms with Gasteiger partial charge in [-0.05, 0) is 30.2 Å². The molecular formula is C16H22N4O. The Morgan fingerprint density at radius 1 is 1.19 bits per heavy atom. The van der Waals surface area contributed by atoms with Crippen LogP contribution in [0.25, 0.3) is 0 Å². The predicted molar refractivity (Wildman–Crippen MR) is 82.8 cm³/mol. The second-order valence-electron chi connectivity index (χ2n) is 5.74. The van der Waals surface area contributed by atoms with Crippen molar-refractivity contribution in [3.8, 4) is 6.07 Å². The Balaban J connectivity index is 1.94. The molecule has 5 heteroatoms. The molecule has 0 aromatic heterocycles. The number of nitriles is 1. The monoisotopic (exact) mass is 286 g/mol. The van der Waals surface area contributed by atoms with Crippen molar-refractivity contribution in [2.45, 2.75) is 19.9 Å². The highest BCUT2D eigenvalue weighted by Gasteiger charge is 2.26. The predicted octanol–water partition coefficient (Wildman–Crippen LogP) is 1.19. The lowest BCUT2D eigenvalue weighted by Gasteiger charge is -2.37. The summed E-state index contributed by atoms with van der Waals surface area (Å²) < 4.78 is 0. The maximum atomic E-state index is 12.2. The van der Waals surface area contributed by atoms with Gasteiger partial charge in [0.2, 0.25) is 5.91 Å². The zero-order valence-electron chi connectivity index (χ0n) is 12.6. The minimum Gasteiger partial charge on any atom is -0.368 e. The minimum atomic E-state index is -0.411. The van der Waals surface area contributed by atoms with Gasteiger partial charge in [-0.1, -0.05) is 13.8 Å². The van der Waals surface area contributed by atoms with Crippen molar-refractivity contribution < 1.29 is 4.79 Å². The second-order valence-corrected chi connectivity index (χ2v) is 5.74. The summed E-state index contributed by atoms with van der Waals surface area (Å²) >= 11 is 0. The summed E-state index contributed by atoms with van der Waals surface area (Å²) in [5.74, 6) is 0.207. The molecule has 1 atom stereocenters. The molecule has 2 rings (SSSR count). The fourth-order valence-electron chi connectivity index (χ4n) is 2.43. The molecule has 1 aliphatic rings. The lowest BCUT2D eigenvalue weighted by atomic mass is 10.0. The molecule has 21 heavy (non-hydrogen) atoms. The first kappa shape index (κ1) is 15.3. The molecule has 1 aromatic rings. The van der Waals surface area contributed by atoms with Crippen LogP contribution < -0.4 is 10.6 Å². The molecule has 1 saturated heterocycles. The maximum Gasteiger partial charge on any atom is 0.239 e. The van der Waals surface area contributed by atoms with Gasteiger partial charge in [0.15, 0.2) is 0 Å². The fourth-order valence-corrected chi connectivity index (χ4v) is 2.43. The van der Waals surface area contributed by atoms with Crippen LogP contribution in [0.5, 0.6) is 0 Å². The summed E-state index contributed by atoms with van der Waals surface area (Å²) in [4.78, 5) is 16.3. The average molecular weight is 286 g/mol. The van der Waals surface area contributed by atoms with E-state index in [9.17, 15) is 4.79 Å². The third-order valence-electron chi connectivity index (χ3n) is 3.96. The largest absolute Gasteiger partial charge is 0.368 e. The van der Waals surface area contributed by atoms with Crippen LogP contribution in [0.2, 0.25) is 0 Å². The highest BCUT2D eigenvalue weighted by Crippen LogP contribution is 2.17. The molecule has 0 aliphatic carbocycles. The zero-order valence-corrected chi connectivity index (χ0v) is 12.6. The normalized spacial score (nSPS) is 16.7. The van der Waals surface area contributed by atoms with E-state index < -0.39 is 6.04 Å². The van der Waals surface area contributed by atoms with Crippen LogP contribution in [-0.2, 0) is 4.79 Å². The number of hydrogen-bond donors (Lipinski definition) is 1. The van der Waals surface area contributed by atoms with Crippen molar-refractivity contribution in [2.24, 2.45) is 11.7 Å². The maximum absolute atomic E-state index is 12.2. The van der Waals surface area contributed by atoms with Gasteiger partial charge in [0, 0.05) is 31.9 Å². The summed E-state index contributed by atoms with van der Waals surface area (Å²) in [7, 11) is 0. The SMILES string of the molecule is CC(C)[C@H](N)C(=O)N1CCN(c2ccc(C#N)cc2)CC1. The Hall–Kier alpha value is -2.06. The lowest BCUT2D eigenvalue weighted by molar-refractivity contribution is -0.133. The molecule has 1 amide bonds. The van der Waals surface area contributed by atoms with Crippen LogP contribution in [0.4, 0.5) is 5.69 Å². The first-order chi connectivity index (χ1) is 10.0. The summed E-state index contributed by atoms with van der Waals surface area (Å²) in [6, 6.07) is 9.26. The number of rotatable bonds is 3. The van der Waals surface area contributed by atoms with Crippen LogP contribution in [0.15, 0.2) is 24.3 Å². The van der Waals surface area contributed by atoms with Crippen molar-refractivity contribution in [3.05, 3.63) is 29.8 Å². The summed E-state index contributed by atoms with van der Waals surface area (Å²) in [5, 5.41) is 8.81. The van der Waals surface area contributed by atoms with Gasteiger partial charge in [-0.15, -0.1) is 0 Å². The molecule has 112 valence electrons. The van der Waals surface area contributed by atoms with Crippen LogP contribution in [0.3, 0.4) is 0 Å². The Morgan fingerprint density at radius 3 is 2.24 bits per heavy atom. The van der Waals surface area contributed by atoms with E-state index >= 15 is 0 Å². The molecule has 5 nitrogen and oxygen atoms in total. The number of benzene rings is 1. The van der Waals surface area contributed by atoms with Crippen molar-refractivity contribution in [1.29, 1.82) is 5.26 Å². The molecule has 0 unspecified atom stereocenters. The number of anilines is 1. The van der Waals surface area contributed by atoms with Crippen LogP contribution >= 0.6 is 0 Å². The molecule has 1 aliphatic heterocycles. The van der Waals surface area contributed by atoms with E-state index in [2.05, 4.69) is 11.0 Å². The van der Waals surface area contributed by atoms with Crippen molar-refractivity contribution >= 4 is 11.6 Å². The summed E-state index contributed by atoms with van der Waals surface area (Å²) in [6.07, 6.45) is 0.